The van der Waals surface area contributed by atoms with Crippen molar-refractivity contribution in [2.45, 2.75) is 5.54 Å². The second kappa shape index (κ2) is 2.97. The van der Waals surface area contributed by atoms with Gasteiger partial charge in [0.1, 0.15) is 0 Å². The highest BCUT2D eigenvalue weighted by Crippen LogP contribution is 2.11. The van der Waals surface area contributed by atoms with Gasteiger partial charge in [-0.25, -0.2) is 4.79 Å². The number of hydrogen-bond acceptors (Lipinski definition) is 4. The molecule has 1 spiro atoms. The first-order chi connectivity index (χ1) is 6.23. The van der Waals surface area contributed by atoms with Crippen LogP contribution in [0.15, 0.2) is 0 Å². The van der Waals surface area contributed by atoms with Crippen LogP contribution in [0.25, 0.3) is 0 Å². The zero-order valence-corrected chi connectivity index (χ0v) is 7.05. The fourth-order valence-corrected chi connectivity index (χ4v) is 1.50. The molecular formula is C7H11N3O3. The van der Waals surface area contributed by atoms with Crippen molar-refractivity contribution in [2.75, 3.05) is 26.3 Å². The monoisotopic (exact) mass is 185 g/mol. The molecule has 0 aromatic heterocycles. The molecule has 2 fully saturated rings. The summed E-state index contributed by atoms with van der Waals surface area (Å²) < 4.78 is 5.21. The minimum atomic E-state index is -0.895. The van der Waals surface area contributed by atoms with Crippen LogP contribution in [0.3, 0.4) is 0 Å². The normalized spacial score (nSPS) is 34.2. The molecule has 6 nitrogen and oxygen atoms in total. The van der Waals surface area contributed by atoms with E-state index in [9.17, 15) is 9.59 Å². The summed E-state index contributed by atoms with van der Waals surface area (Å²) in [6.45, 7) is 1.91. The number of rotatable bonds is 0. The van der Waals surface area contributed by atoms with Crippen LogP contribution in [-0.2, 0) is 9.53 Å². The summed E-state index contributed by atoms with van der Waals surface area (Å²) in [5.74, 6) is -0.313. The predicted octanol–water partition coefficient (Wildman–Crippen LogP) is -1.82. The molecule has 2 heterocycles. The topological polar surface area (TPSA) is 79.5 Å². The Balaban J connectivity index is 2.17. The lowest BCUT2D eigenvalue weighted by Gasteiger charge is -2.22. The smallest absolute Gasteiger partial charge is 0.322 e. The fraction of sp³-hybridized carbons (Fsp3) is 0.714. The number of carbonyl (C=O) groups excluding carboxylic acids is 2. The maximum atomic E-state index is 11.4. The summed E-state index contributed by atoms with van der Waals surface area (Å²) in [5, 5.41) is 7.80. The molecule has 2 saturated heterocycles. The highest BCUT2D eigenvalue weighted by molar-refractivity contribution is 6.07. The van der Waals surface area contributed by atoms with Crippen molar-refractivity contribution in [3.05, 3.63) is 0 Å². The van der Waals surface area contributed by atoms with Gasteiger partial charge in [-0.1, -0.05) is 0 Å². The lowest BCUT2D eigenvalue weighted by Crippen LogP contribution is -2.56. The standard InChI is InChI=1S/C7H11N3O3/c11-5-7(10-6(12)9-5)3-8-1-2-13-4-7/h8H,1-4H2,(H2,9,10,11,12). The van der Waals surface area contributed by atoms with E-state index < -0.39 is 11.6 Å². The summed E-state index contributed by atoms with van der Waals surface area (Å²) >= 11 is 0. The SMILES string of the molecule is O=C1NC(=O)C2(CNCCOC2)N1. The molecule has 2 rings (SSSR count). The van der Waals surface area contributed by atoms with E-state index in [1.807, 2.05) is 0 Å². The zero-order chi connectivity index (χ0) is 9.31. The first-order valence-electron chi connectivity index (χ1n) is 4.15. The van der Waals surface area contributed by atoms with Crippen molar-refractivity contribution < 1.29 is 14.3 Å². The fourth-order valence-electron chi connectivity index (χ4n) is 1.50. The number of urea groups is 1. The molecule has 1 atom stereocenters. The van der Waals surface area contributed by atoms with Gasteiger partial charge in [0.2, 0.25) is 0 Å². The zero-order valence-electron chi connectivity index (χ0n) is 7.05. The van der Waals surface area contributed by atoms with Crippen LogP contribution >= 0.6 is 0 Å². The second-order valence-electron chi connectivity index (χ2n) is 3.22. The van der Waals surface area contributed by atoms with E-state index in [0.29, 0.717) is 19.7 Å². The van der Waals surface area contributed by atoms with Crippen molar-refractivity contribution in [2.24, 2.45) is 0 Å². The van der Waals surface area contributed by atoms with Crippen LogP contribution in [-0.4, -0.2) is 43.8 Å². The summed E-state index contributed by atoms with van der Waals surface area (Å²) in [6, 6.07) is -0.447. The van der Waals surface area contributed by atoms with Gasteiger partial charge in [-0.15, -0.1) is 0 Å². The van der Waals surface area contributed by atoms with Gasteiger partial charge in [-0.05, 0) is 0 Å². The van der Waals surface area contributed by atoms with E-state index in [-0.39, 0.29) is 12.5 Å². The summed E-state index contributed by atoms with van der Waals surface area (Å²) in [6.07, 6.45) is 0. The maximum absolute atomic E-state index is 11.4. The number of hydrogen-bond donors (Lipinski definition) is 3. The Morgan fingerprint density at radius 3 is 2.92 bits per heavy atom. The van der Waals surface area contributed by atoms with E-state index in [1.54, 1.807) is 0 Å². The largest absolute Gasteiger partial charge is 0.377 e. The molecule has 0 aromatic rings. The van der Waals surface area contributed by atoms with Crippen LogP contribution in [0.4, 0.5) is 4.79 Å². The Hall–Kier alpha value is -1.14. The maximum Gasteiger partial charge on any atom is 0.322 e. The third-order valence-corrected chi connectivity index (χ3v) is 2.21. The highest BCUT2D eigenvalue weighted by Gasteiger charge is 2.46. The molecule has 1 unspecified atom stereocenters. The van der Waals surface area contributed by atoms with E-state index >= 15 is 0 Å². The average molecular weight is 185 g/mol. The quantitative estimate of drug-likeness (QED) is 0.388. The minimum Gasteiger partial charge on any atom is -0.377 e. The second-order valence-corrected chi connectivity index (χ2v) is 3.22. The van der Waals surface area contributed by atoms with Gasteiger partial charge in [0, 0.05) is 13.1 Å². The molecule has 13 heavy (non-hydrogen) atoms. The van der Waals surface area contributed by atoms with Crippen molar-refractivity contribution >= 4 is 11.9 Å². The van der Waals surface area contributed by atoms with Gasteiger partial charge < -0.3 is 15.4 Å². The molecule has 0 radical (unpaired) electrons. The molecule has 6 heteroatoms. The summed E-state index contributed by atoms with van der Waals surface area (Å²) in [5.41, 5.74) is -0.895. The molecular weight excluding hydrogens is 174 g/mol. The van der Waals surface area contributed by atoms with Crippen LogP contribution < -0.4 is 16.0 Å². The summed E-state index contributed by atoms with van der Waals surface area (Å²) in [7, 11) is 0. The van der Waals surface area contributed by atoms with Gasteiger partial charge in [-0.2, -0.15) is 0 Å². The molecule has 0 aliphatic carbocycles. The molecule has 3 N–H and O–H groups in total. The van der Waals surface area contributed by atoms with E-state index in [2.05, 4.69) is 16.0 Å². The van der Waals surface area contributed by atoms with Crippen LogP contribution in [0.2, 0.25) is 0 Å². The first kappa shape index (κ1) is 8.46. The molecule has 0 saturated carbocycles. The third kappa shape index (κ3) is 1.38. The Kier molecular flexibility index (Phi) is 1.93. The van der Waals surface area contributed by atoms with Gasteiger partial charge in [-0.3, -0.25) is 10.1 Å². The van der Waals surface area contributed by atoms with Crippen molar-refractivity contribution in [1.29, 1.82) is 0 Å². The van der Waals surface area contributed by atoms with Gasteiger partial charge >= 0.3 is 6.03 Å². The first-order valence-corrected chi connectivity index (χ1v) is 4.15. The van der Waals surface area contributed by atoms with E-state index in [1.165, 1.54) is 0 Å². The van der Waals surface area contributed by atoms with Gasteiger partial charge in [0.25, 0.3) is 5.91 Å². The molecule has 72 valence electrons. The number of imide groups is 1. The Morgan fingerprint density at radius 2 is 2.23 bits per heavy atom. The van der Waals surface area contributed by atoms with Crippen LogP contribution in [0, 0.1) is 0 Å². The van der Waals surface area contributed by atoms with Crippen molar-refractivity contribution in [1.82, 2.24) is 16.0 Å². The molecule has 3 amide bonds. The molecule has 2 aliphatic rings. The Morgan fingerprint density at radius 1 is 1.38 bits per heavy atom. The van der Waals surface area contributed by atoms with Gasteiger partial charge in [0.05, 0.1) is 13.2 Å². The lowest BCUT2D eigenvalue weighted by molar-refractivity contribution is -0.125. The lowest BCUT2D eigenvalue weighted by atomic mass is 10.0. The van der Waals surface area contributed by atoms with E-state index in [0.717, 1.165) is 0 Å². The molecule has 0 bridgehead atoms. The molecule has 0 aromatic carbocycles. The molecule has 2 aliphatic heterocycles. The van der Waals surface area contributed by atoms with Crippen molar-refractivity contribution in [3.63, 3.8) is 0 Å². The number of ether oxygens (including phenoxy) is 1. The number of amides is 3. The van der Waals surface area contributed by atoms with Crippen LogP contribution in [0.5, 0.6) is 0 Å². The minimum absolute atomic E-state index is 0.234. The number of nitrogens with one attached hydrogen (secondary N) is 3. The third-order valence-electron chi connectivity index (χ3n) is 2.21. The summed E-state index contributed by atoms with van der Waals surface area (Å²) in [4.78, 5) is 22.3. The van der Waals surface area contributed by atoms with E-state index in [4.69, 9.17) is 4.74 Å². The average Bonchev–Trinajstić information content (AvgIpc) is 2.29. The van der Waals surface area contributed by atoms with Crippen LogP contribution in [0.1, 0.15) is 0 Å². The number of carbonyl (C=O) groups is 2. The Labute approximate surface area is 75.0 Å². The predicted molar refractivity (Wildman–Crippen MR) is 43.1 cm³/mol. The van der Waals surface area contributed by atoms with Crippen molar-refractivity contribution in [3.8, 4) is 0 Å². The Bertz CT molecular complexity index is 245. The highest BCUT2D eigenvalue weighted by atomic mass is 16.5. The van der Waals surface area contributed by atoms with Gasteiger partial charge in [0.15, 0.2) is 5.54 Å².